The average molecular weight is 250 g/mol. The van der Waals surface area contributed by atoms with Crippen LogP contribution < -0.4 is 10.5 Å². The molecule has 4 nitrogen and oxygen atoms in total. The van der Waals surface area contributed by atoms with Gasteiger partial charge in [0.2, 0.25) is 5.91 Å². The summed E-state index contributed by atoms with van der Waals surface area (Å²) >= 11 is 0. The van der Waals surface area contributed by atoms with Gasteiger partial charge in [-0.25, -0.2) is 0 Å². The molecule has 1 atom stereocenters. The van der Waals surface area contributed by atoms with E-state index < -0.39 is 0 Å². The largest absolute Gasteiger partial charge is 0.494 e. The molecule has 2 N–H and O–H groups in total. The molecule has 1 aromatic rings. The molecule has 0 aliphatic heterocycles. The van der Waals surface area contributed by atoms with Gasteiger partial charge in [-0.2, -0.15) is 0 Å². The van der Waals surface area contributed by atoms with Gasteiger partial charge in [0.1, 0.15) is 5.75 Å². The van der Waals surface area contributed by atoms with Crippen molar-refractivity contribution < 1.29 is 9.53 Å². The van der Waals surface area contributed by atoms with Gasteiger partial charge in [0, 0.05) is 26.6 Å². The second-order valence-corrected chi connectivity index (χ2v) is 4.60. The number of rotatable bonds is 6. The van der Waals surface area contributed by atoms with E-state index in [0.29, 0.717) is 13.0 Å². The molecule has 100 valence electrons. The van der Waals surface area contributed by atoms with Gasteiger partial charge in [-0.1, -0.05) is 12.1 Å². The molecule has 0 aromatic heterocycles. The Balaban J connectivity index is 2.29. The molecule has 0 saturated carbocycles. The van der Waals surface area contributed by atoms with Crippen LogP contribution >= 0.6 is 0 Å². The maximum atomic E-state index is 11.3. The molecule has 4 heteroatoms. The highest BCUT2D eigenvalue weighted by molar-refractivity contribution is 5.75. The molecule has 0 radical (unpaired) electrons. The number of ether oxygens (including phenoxy) is 1. The number of nitrogens with two attached hydrogens (primary N) is 1. The third-order valence-electron chi connectivity index (χ3n) is 2.71. The van der Waals surface area contributed by atoms with Crippen LogP contribution in [-0.4, -0.2) is 31.5 Å². The lowest BCUT2D eigenvalue weighted by molar-refractivity contribution is -0.128. The Morgan fingerprint density at radius 1 is 1.33 bits per heavy atom. The van der Waals surface area contributed by atoms with Gasteiger partial charge < -0.3 is 15.4 Å². The third kappa shape index (κ3) is 4.75. The van der Waals surface area contributed by atoms with E-state index in [0.717, 1.165) is 17.7 Å². The number of carbonyl (C=O) groups is 1. The van der Waals surface area contributed by atoms with E-state index >= 15 is 0 Å². The van der Waals surface area contributed by atoms with E-state index in [1.807, 2.05) is 31.2 Å². The second-order valence-electron chi connectivity index (χ2n) is 4.60. The quantitative estimate of drug-likeness (QED) is 0.785. The Morgan fingerprint density at radius 2 is 1.94 bits per heavy atom. The summed E-state index contributed by atoms with van der Waals surface area (Å²) in [6, 6.07) is 7.78. The predicted octanol–water partition coefficient (Wildman–Crippen LogP) is 1.95. The van der Waals surface area contributed by atoms with E-state index in [1.54, 1.807) is 19.0 Å². The molecular weight excluding hydrogens is 228 g/mol. The van der Waals surface area contributed by atoms with Crippen molar-refractivity contribution in [1.29, 1.82) is 0 Å². The van der Waals surface area contributed by atoms with E-state index in [4.69, 9.17) is 10.5 Å². The molecule has 0 fully saturated rings. The van der Waals surface area contributed by atoms with Gasteiger partial charge >= 0.3 is 0 Å². The van der Waals surface area contributed by atoms with Gasteiger partial charge in [-0.15, -0.1) is 0 Å². The first-order valence-corrected chi connectivity index (χ1v) is 6.19. The number of hydrogen-bond acceptors (Lipinski definition) is 3. The summed E-state index contributed by atoms with van der Waals surface area (Å²) in [5.74, 6) is 0.947. The molecule has 0 spiro atoms. The Bertz CT molecular complexity index is 372. The van der Waals surface area contributed by atoms with Crippen molar-refractivity contribution in [2.45, 2.75) is 25.8 Å². The van der Waals surface area contributed by atoms with Crippen molar-refractivity contribution >= 4 is 5.91 Å². The van der Waals surface area contributed by atoms with Crippen LogP contribution in [-0.2, 0) is 4.79 Å². The molecule has 1 aromatic carbocycles. The number of benzene rings is 1. The number of hydrogen-bond donors (Lipinski definition) is 1. The fraction of sp³-hybridized carbons (Fsp3) is 0.500. The van der Waals surface area contributed by atoms with Gasteiger partial charge in [0.05, 0.1) is 6.61 Å². The Hall–Kier alpha value is -1.55. The van der Waals surface area contributed by atoms with Crippen molar-refractivity contribution in [3.05, 3.63) is 29.8 Å². The lowest BCUT2D eigenvalue weighted by Crippen LogP contribution is -2.21. The first-order chi connectivity index (χ1) is 8.50. The monoisotopic (exact) mass is 250 g/mol. The molecular formula is C14H22N2O2. The smallest absolute Gasteiger partial charge is 0.222 e. The zero-order valence-electron chi connectivity index (χ0n) is 11.3. The fourth-order valence-electron chi connectivity index (χ4n) is 1.50. The van der Waals surface area contributed by atoms with Crippen molar-refractivity contribution in [3.63, 3.8) is 0 Å². The Morgan fingerprint density at radius 3 is 2.44 bits per heavy atom. The molecule has 0 saturated heterocycles. The van der Waals surface area contributed by atoms with Crippen LogP contribution in [0.25, 0.3) is 0 Å². The summed E-state index contributed by atoms with van der Waals surface area (Å²) in [6.45, 7) is 2.50. The summed E-state index contributed by atoms with van der Waals surface area (Å²) in [7, 11) is 3.52. The van der Waals surface area contributed by atoms with Crippen LogP contribution in [0.2, 0.25) is 0 Å². The van der Waals surface area contributed by atoms with Gasteiger partial charge in [0.15, 0.2) is 0 Å². The van der Waals surface area contributed by atoms with Gasteiger partial charge in [0.25, 0.3) is 0 Å². The average Bonchev–Trinajstić information content (AvgIpc) is 2.34. The number of carbonyl (C=O) groups excluding carboxylic acids is 1. The van der Waals surface area contributed by atoms with E-state index in [-0.39, 0.29) is 11.9 Å². The summed E-state index contributed by atoms with van der Waals surface area (Å²) in [6.07, 6.45) is 1.25. The topological polar surface area (TPSA) is 55.6 Å². The van der Waals surface area contributed by atoms with Crippen LogP contribution in [0, 0.1) is 0 Å². The minimum absolute atomic E-state index is 0.0387. The molecule has 18 heavy (non-hydrogen) atoms. The Kier molecular flexibility index (Phi) is 5.65. The molecule has 0 bridgehead atoms. The summed E-state index contributed by atoms with van der Waals surface area (Å²) in [5.41, 5.74) is 6.85. The Labute approximate surface area is 109 Å². The van der Waals surface area contributed by atoms with Crippen LogP contribution in [0.3, 0.4) is 0 Å². The molecule has 0 heterocycles. The molecule has 1 rings (SSSR count). The van der Waals surface area contributed by atoms with Crippen LogP contribution in [0.5, 0.6) is 5.75 Å². The normalized spacial score (nSPS) is 12.0. The second kappa shape index (κ2) is 7.01. The van der Waals surface area contributed by atoms with Crippen molar-refractivity contribution in [2.24, 2.45) is 5.73 Å². The lowest BCUT2D eigenvalue weighted by atomic mass is 10.1. The highest BCUT2D eigenvalue weighted by atomic mass is 16.5. The predicted molar refractivity (Wildman–Crippen MR) is 72.5 cm³/mol. The van der Waals surface area contributed by atoms with Crippen LogP contribution in [0.1, 0.15) is 31.4 Å². The minimum atomic E-state index is 0.0387. The number of amides is 1. The highest BCUT2D eigenvalue weighted by Gasteiger charge is 2.03. The fourth-order valence-corrected chi connectivity index (χ4v) is 1.50. The minimum Gasteiger partial charge on any atom is -0.494 e. The molecule has 0 unspecified atom stereocenters. The van der Waals surface area contributed by atoms with Crippen molar-refractivity contribution in [2.75, 3.05) is 20.7 Å². The lowest BCUT2D eigenvalue weighted by Gasteiger charge is -2.11. The van der Waals surface area contributed by atoms with Crippen LogP contribution in [0.4, 0.5) is 0 Å². The molecule has 0 aliphatic carbocycles. The summed E-state index contributed by atoms with van der Waals surface area (Å²) in [5, 5.41) is 0. The third-order valence-corrected chi connectivity index (χ3v) is 2.71. The first-order valence-electron chi connectivity index (χ1n) is 6.19. The summed E-state index contributed by atoms with van der Waals surface area (Å²) < 4.78 is 5.56. The zero-order chi connectivity index (χ0) is 13.5. The van der Waals surface area contributed by atoms with E-state index in [9.17, 15) is 4.79 Å². The maximum Gasteiger partial charge on any atom is 0.222 e. The van der Waals surface area contributed by atoms with Crippen molar-refractivity contribution in [1.82, 2.24) is 4.90 Å². The number of nitrogens with zero attached hydrogens (tertiary/aromatic N) is 1. The highest BCUT2D eigenvalue weighted by Crippen LogP contribution is 2.16. The van der Waals surface area contributed by atoms with E-state index in [1.165, 1.54) is 0 Å². The van der Waals surface area contributed by atoms with Crippen molar-refractivity contribution in [3.8, 4) is 5.75 Å². The standard InChI is InChI=1S/C14H22N2O2/c1-11(15)12-6-8-13(9-7-12)18-10-4-5-14(17)16(2)3/h6-9,11H,4-5,10,15H2,1-3H3/t11-/m1/s1. The van der Waals surface area contributed by atoms with Crippen LogP contribution in [0.15, 0.2) is 24.3 Å². The summed E-state index contributed by atoms with van der Waals surface area (Å²) in [4.78, 5) is 12.9. The maximum absolute atomic E-state index is 11.3. The SMILES string of the molecule is C[C@@H](N)c1ccc(OCCCC(=O)N(C)C)cc1. The first kappa shape index (κ1) is 14.5. The molecule has 0 aliphatic rings. The molecule has 1 amide bonds. The zero-order valence-corrected chi connectivity index (χ0v) is 11.3. The van der Waals surface area contributed by atoms with E-state index in [2.05, 4.69) is 0 Å². The van der Waals surface area contributed by atoms with Gasteiger partial charge in [-0.3, -0.25) is 4.79 Å². The van der Waals surface area contributed by atoms with Gasteiger partial charge in [-0.05, 0) is 31.0 Å².